The molecule has 2 aliphatic rings. The third kappa shape index (κ3) is 3.52. The molecule has 0 radical (unpaired) electrons. The first-order valence-corrected chi connectivity index (χ1v) is 10.6. The van der Waals surface area contributed by atoms with Gasteiger partial charge < -0.3 is 0 Å². The molecule has 0 aromatic heterocycles. The van der Waals surface area contributed by atoms with Crippen LogP contribution in [0.3, 0.4) is 0 Å². The number of anilines is 2. The molecule has 3 aromatic rings. The average molecular weight is 491 g/mol. The van der Waals surface area contributed by atoms with Crippen molar-refractivity contribution in [1.29, 1.82) is 0 Å². The van der Waals surface area contributed by atoms with Gasteiger partial charge in [0.1, 0.15) is 17.8 Å². The van der Waals surface area contributed by atoms with E-state index in [-0.39, 0.29) is 16.3 Å². The van der Waals surface area contributed by atoms with Gasteiger partial charge in [-0.3, -0.25) is 14.4 Å². The molecule has 10 heteroatoms. The Morgan fingerprint density at radius 2 is 1.53 bits per heavy atom. The smallest absolute Gasteiger partial charge is 0.273 e. The summed E-state index contributed by atoms with van der Waals surface area (Å²) in [5.41, 5.74) is -0.851. The van der Waals surface area contributed by atoms with Crippen molar-refractivity contribution in [3.8, 4) is 0 Å². The Balaban J connectivity index is 1.61. The quantitative estimate of drug-likeness (QED) is 0.357. The number of carbonyl (C=O) groups excluding carboxylic acids is 2. The van der Waals surface area contributed by atoms with Crippen LogP contribution >= 0.6 is 11.6 Å². The van der Waals surface area contributed by atoms with Gasteiger partial charge in [0.25, 0.3) is 5.91 Å². The lowest BCUT2D eigenvalue weighted by Crippen LogP contribution is -2.37. The minimum atomic E-state index is -4.67. The first kappa shape index (κ1) is 22.4. The van der Waals surface area contributed by atoms with E-state index in [9.17, 15) is 27.2 Å². The summed E-state index contributed by atoms with van der Waals surface area (Å²) in [6.07, 6.45) is -6.04. The summed E-state index contributed by atoms with van der Waals surface area (Å²) in [6, 6.07) is 15.2. The molecule has 174 valence electrons. The topological polar surface area (TPSA) is 49.9 Å². The molecule has 5 nitrogen and oxygen atoms in total. The molecule has 2 aliphatic heterocycles. The Kier molecular flexibility index (Phi) is 5.33. The SMILES string of the molecule is O=C1C2ON(c3ccccc3)C(c3c(F)cccc3Cl)C2C(=O)N1c1cccc(C(F)(F)F)c1. The van der Waals surface area contributed by atoms with Crippen molar-refractivity contribution in [3.63, 3.8) is 0 Å². The van der Waals surface area contributed by atoms with Gasteiger partial charge >= 0.3 is 6.18 Å². The summed E-state index contributed by atoms with van der Waals surface area (Å²) in [5, 5.41) is 1.28. The number of hydrogen-bond acceptors (Lipinski definition) is 4. The molecule has 2 heterocycles. The number of carbonyl (C=O) groups is 2. The van der Waals surface area contributed by atoms with Gasteiger partial charge in [-0.25, -0.2) is 14.4 Å². The van der Waals surface area contributed by atoms with Gasteiger partial charge in [0.2, 0.25) is 5.91 Å². The number of hydroxylamine groups is 1. The first-order chi connectivity index (χ1) is 16.2. The second kappa shape index (κ2) is 8.11. The number of halogens is 5. The van der Waals surface area contributed by atoms with Crippen LogP contribution in [-0.2, 0) is 20.6 Å². The zero-order valence-corrected chi connectivity index (χ0v) is 17.9. The van der Waals surface area contributed by atoms with E-state index in [4.69, 9.17) is 16.4 Å². The van der Waals surface area contributed by atoms with Crippen LogP contribution in [0.2, 0.25) is 5.02 Å². The van der Waals surface area contributed by atoms with Crippen molar-refractivity contribution in [1.82, 2.24) is 0 Å². The molecule has 3 unspecified atom stereocenters. The second-order valence-electron chi connectivity index (χ2n) is 7.85. The molecule has 5 rings (SSSR count). The summed E-state index contributed by atoms with van der Waals surface area (Å²) >= 11 is 6.30. The fourth-order valence-electron chi connectivity index (χ4n) is 4.38. The highest BCUT2D eigenvalue weighted by atomic mass is 35.5. The Morgan fingerprint density at radius 3 is 2.21 bits per heavy atom. The molecule has 3 aromatic carbocycles. The number of rotatable bonds is 3. The number of amides is 2. The minimum Gasteiger partial charge on any atom is -0.273 e. The van der Waals surface area contributed by atoms with Crippen molar-refractivity contribution >= 4 is 34.8 Å². The standard InChI is InChI=1S/C24H15ClF4N2O3/c25-16-10-5-11-17(26)18(16)20-19-21(34-31(20)14-7-2-1-3-8-14)23(33)30(22(19)32)15-9-4-6-13(12-15)24(27,28)29/h1-12,19-21H. The number of imide groups is 1. The third-order valence-electron chi connectivity index (χ3n) is 5.85. The predicted molar refractivity (Wildman–Crippen MR) is 115 cm³/mol. The van der Waals surface area contributed by atoms with Crippen LogP contribution in [0.4, 0.5) is 28.9 Å². The lowest BCUT2D eigenvalue weighted by atomic mass is 9.90. The van der Waals surface area contributed by atoms with E-state index >= 15 is 0 Å². The van der Waals surface area contributed by atoms with E-state index in [1.54, 1.807) is 30.3 Å². The van der Waals surface area contributed by atoms with Crippen LogP contribution in [0.25, 0.3) is 0 Å². The third-order valence-corrected chi connectivity index (χ3v) is 6.18. The van der Waals surface area contributed by atoms with Gasteiger partial charge in [-0.05, 0) is 42.5 Å². The van der Waals surface area contributed by atoms with Crippen molar-refractivity contribution in [2.75, 3.05) is 9.96 Å². The summed E-state index contributed by atoms with van der Waals surface area (Å²) in [6.45, 7) is 0. The Morgan fingerprint density at radius 1 is 0.853 bits per heavy atom. The largest absolute Gasteiger partial charge is 0.416 e. The van der Waals surface area contributed by atoms with Crippen LogP contribution in [0, 0.1) is 11.7 Å². The number of alkyl halides is 3. The molecule has 0 N–H and O–H groups in total. The van der Waals surface area contributed by atoms with E-state index in [1.165, 1.54) is 29.3 Å². The number of hydrogen-bond donors (Lipinski definition) is 0. The van der Waals surface area contributed by atoms with Gasteiger partial charge in [0.15, 0.2) is 6.10 Å². The molecule has 0 saturated carbocycles. The lowest BCUT2D eigenvalue weighted by molar-refractivity contribution is -0.137. The van der Waals surface area contributed by atoms with E-state index in [0.717, 1.165) is 18.2 Å². The zero-order valence-electron chi connectivity index (χ0n) is 17.2. The Bertz CT molecular complexity index is 1260. The van der Waals surface area contributed by atoms with Gasteiger partial charge in [0.05, 0.1) is 16.9 Å². The van der Waals surface area contributed by atoms with Crippen LogP contribution < -0.4 is 9.96 Å². The Labute approximate surface area is 196 Å². The number of benzene rings is 3. The number of nitrogens with zero attached hydrogens (tertiary/aromatic N) is 2. The molecule has 2 saturated heterocycles. The second-order valence-corrected chi connectivity index (χ2v) is 8.26. The Hall–Kier alpha value is -3.43. The monoisotopic (exact) mass is 490 g/mol. The molecule has 3 atom stereocenters. The maximum atomic E-state index is 15.0. The fourth-order valence-corrected chi connectivity index (χ4v) is 4.65. The molecule has 34 heavy (non-hydrogen) atoms. The molecule has 0 bridgehead atoms. The van der Waals surface area contributed by atoms with E-state index in [0.29, 0.717) is 10.6 Å². The average Bonchev–Trinajstić information content (AvgIpc) is 3.30. The minimum absolute atomic E-state index is 0.0212. The van der Waals surface area contributed by atoms with Gasteiger partial charge in [-0.15, -0.1) is 0 Å². The molecular weight excluding hydrogens is 476 g/mol. The van der Waals surface area contributed by atoms with E-state index in [1.807, 2.05) is 0 Å². The summed E-state index contributed by atoms with van der Waals surface area (Å²) < 4.78 is 54.6. The molecule has 2 amide bonds. The van der Waals surface area contributed by atoms with Gasteiger partial charge in [-0.2, -0.15) is 13.2 Å². The summed E-state index contributed by atoms with van der Waals surface area (Å²) in [4.78, 5) is 33.2. The zero-order chi connectivity index (χ0) is 24.2. The van der Waals surface area contributed by atoms with Gasteiger partial charge in [-0.1, -0.05) is 41.9 Å². The van der Waals surface area contributed by atoms with Gasteiger partial charge in [0, 0.05) is 10.6 Å². The predicted octanol–water partition coefficient (Wildman–Crippen LogP) is 5.55. The maximum Gasteiger partial charge on any atom is 0.416 e. The normalized spacial score (nSPS) is 22.4. The first-order valence-electron chi connectivity index (χ1n) is 10.2. The van der Waals surface area contributed by atoms with E-state index in [2.05, 4.69) is 0 Å². The van der Waals surface area contributed by atoms with Crippen LogP contribution in [0.15, 0.2) is 72.8 Å². The molecular formula is C24H15ClF4N2O3. The van der Waals surface area contributed by atoms with Crippen LogP contribution in [-0.4, -0.2) is 17.9 Å². The van der Waals surface area contributed by atoms with Crippen molar-refractivity contribution in [2.45, 2.75) is 18.3 Å². The van der Waals surface area contributed by atoms with Crippen molar-refractivity contribution < 1.29 is 32.0 Å². The number of fused-ring (bicyclic) bond motifs is 1. The number of para-hydroxylation sites is 1. The van der Waals surface area contributed by atoms with Crippen molar-refractivity contribution in [3.05, 3.63) is 94.8 Å². The highest BCUT2D eigenvalue weighted by Gasteiger charge is 2.61. The molecule has 0 spiro atoms. The summed E-state index contributed by atoms with van der Waals surface area (Å²) in [7, 11) is 0. The highest BCUT2D eigenvalue weighted by Crippen LogP contribution is 2.49. The molecule has 0 aliphatic carbocycles. The van der Waals surface area contributed by atoms with E-state index < -0.39 is 47.4 Å². The van der Waals surface area contributed by atoms with Crippen LogP contribution in [0.1, 0.15) is 17.2 Å². The van der Waals surface area contributed by atoms with Crippen LogP contribution in [0.5, 0.6) is 0 Å². The lowest BCUT2D eigenvalue weighted by Gasteiger charge is -2.29. The highest BCUT2D eigenvalue weighted by molar-refractivity contribution is 6.31. The van der Waals surface area contributed by atoms with Crippen molar-refractivity contribution in [2.24, 2.45) is 5.92 Å². The maximum absolute atomic E-state index is 15.0. The molecule has 2 fully saturated rings. The summed E-state index contributed by atoms with van der Waals surface area (Å²) in [5.74, 6) is -3.60. The fraction of sp³-hybridized carbons (Fsp3) is 0.167.